The molecule has 1 heteroatoms. The lowest BCUT2D eigenvalue weighted by Gasteiger charge is -2.29. The average Bonchev–Trinajstić information content (AvgIpc) is 1.86. The van der Waals surface area contributed by atoms with Gasteiger partial charge in [-0.1, -0.05) is 34.1 Å². The van der Waals surface area contributed by atoms with Gasteiger partial charge >= 0.3 is 0 Å². The first-order chi connectivity index (χ1) is 4.41. The Kier molecular flexibility index (Phi) is 3.07. The summed E-state index contributed by atoms with van der Waals surface area (Å²) in [7, 11) is 0. The van der Waals surface area contributed by atoms with Gasteiger partial charge in [-0.25, -0.2) is 0 Å². The predicted octanol–water partition coefficient (Wildman–Crippen LogP) is 3.10. The summed E-state index contributed by atoms with van der Waals surface area (Å²) in [6.45, 7) is 10.6. The second-order valence-electron chi connectivity index (χ2n) is 3.75. The lowest BCUT2D eigenvalue weighted by molar-refractivity contribution is 0.281. The van der Waals surface area contributed by atoms with Crippen molar-refractivity contribution in [3.8, 4) is 0 Å². The lowest BCUT2D eigenvalue weighted by atomic mass is 9.76. The second-order valence-corrected chi connectivity index (χ2v) is 3.75. The fourth-order valence-corrected chi connectivity index (χ4v) is 0.892. The lowest BCUT2D eigenvalue weighted by Crippen LogP contribution is -2.25. The van der Waals surface area contributed by atoms with Gasteiger partial charge in [-0.2, -0.15) is 0 Å². The second kappa shape index (κ2) is 3.18. The topological polar surface area (TPSA) is 23.9 Å². The van der Waals surface area contributed by atoms with Gasteiger partial charge in [0.1, 0.15) is 0 Å². The molecular weight excluding hydrogens is 122 g/mol. The van der Waals surface area contributed by atoms with Gasteiger partial charge in [-0.05, 0) is 18.3 Å². The molecule has 0 heterocycles. The van der Waals surface area contributed by atoms with Crippen LogP contribution in [-0.4, -0.2) is 5.71 Å². The van der Waals surface area contributed by atoms with Crippen molar-refractivity contribution in [2.75, 3.05) is 0 Å². The molecule has 0 spiro atoms. The minimum Gasteiger partial charge on any atom is -0.310 e. The van der Waals surface area contributed by atoms with Gasteiger partial charge in [-0.15, -0.1) is 0 Å². The van der Waals surface area contributed by atoms with Gasteiger partial charge in [0.2, 0.25) is 0 Å². The molecule has 0 saturated heterocycles. The molecule has 0 bridgehead atoms. The van der Waals surface area contributed by atoms with Crippen LogP contribution < -0.4 is 0 Å². The van der Waals surface area contributed by atoms with E-state index in [-0.39, 0.29) is 0 Å². The van der Waals surface area contributed by atoms with Crippen molar-refractivity contribution in [1.29, 1.82) is 5.41 Å². The molecular formula is C9H19N. The van der Waals surface area contributed by atoms with Crippen molar-refractivity contribution in [1.82, 2.24) is 0 Å². The smallest absolute Gasteiger partial charge is 0.00916 e. The molecule has 0 amide bonds. The minimum absolute atomic E-state index is 0.297. The number of hydrogen-bond donors (Lipinski definition) is 1. The highest BCUT2D eigenvalue weighted by Gasteiger charge is 2.24. The van der Waals surface area contributed by atoms with E-state index >= 15 is 0 Å². The van der Waals surface area contributed by atoms with Gasteiger partial charge < -0.3 is 5.41 Å². The van der Waals surface area contributed by atoms with Gasteiger partial charge in [0.15, 0.2) is 0 Å². The minimum atomic E-state index is 0.297. The van der Waals surface area contributed by atoms with Crippen molar-refractivity contribution >= 4 is 5.71 Å². The van der Waals surface area contributed by atoms with E-state index in [4.69, 9.17) is 5.41 Å². The number of rotatable bonds is 3. The quantitative estimate of drug-likeness (QED) is 0.584. The van der Waals surface area contributed by atoms with Crippen molar-refractivity contribution in [2.45, 2.75) is 41.0 Å². The van der Waals surface area contributed by atoms with Crippen LogP contribution in [0.4, 0.5) is 0 Å². The van der Waals surface area contributed by atoms with E-state index in [1.807, 2.05) is 6.92 Å². The van der Waals surface area contributed by atoms with Crippen LogP contribution in [0.5, 0.6) is 0 Å². The third-order valence-corrected chi connectivity index (χ3v) is 2.73. The van der Waals surface area contributed by atoms with Crippen LogP contribution in [0.3, 0.4) is 0 Å². The molecule has 0 aromatic rings. The van der Waals surface area contributed by atoms with E-state index in [0.717, 1.165) is 12.1 Å². The normalized spacial score (nSPS) is 14.9. The molecule has 1 nitrogen and oxygen atoms in total. The number of hydrogen-bond acceptors (Lipinski definition) is 1. The molecule has 0 aromatic heterocycles. The van der Waals surface area contributed by atoms with Crippen molar-refractivity contribution in [3.05, 3.63) is 0 Å². The zero-order valence-corrected chi connectivity index (χ0v) is 7.78. The summed E-state index contributed by atoms with van der Waals surface area (Å²) in [5.41, 5.74) is 1.10. The van der Waals surface area contributed by atoms with Crippen LogP contribution in [0.25, 0.3) is 0 Å². The van der Waals surface area contributed by atoms with Crippen LogP contribution in [0.2, 0.25) is 0 Å². The monoisotopic (exact) mass is 141 g/mol. The maximum Gasteiger partial charge on any atom is 0.00916 e. The first-order valence-electron chi connectivity index (χ1n) is 3.97. The summed E-state index contributed by atoms with van der Waals surface area (Å²) >= 11 is 0. The van der Waals surface area contributed by atoms with E-state index in [2.05, 4.69) is 27.7 Å². The van der Waals surface area contributed by atoms with Crippen LogP contribution in [0.15, 0.2) is 0 Å². The summed E-state index contributed by atoms with van der Waals surface area (Å²) in [6, 6.07) is 0. The molecule has 0 saturated carbocycles. The highest BCUT2D eigenvalue weighted by atomic mass is 14.4. The summed E-state index contributed by atoms with van der Waals surface area (Å²) in [5.74, 6) is 0.414. The molecule has 0 fully saturated rings. The summed E-state index contributed by atoms with van der Waals surface area (Å²) < 4.78 is 0. The highest BCUT2D eigenvalue weighted by Crippen LogP contribution is 2.30. The van der Waals surface area contributed by atoms with E-state index < -0.39 is 0 Å². The SMILES string of the molecule is CCC(C)(C)C(C)C(C)=N. The fourth-order valence-electron chi connectivity index (χ4n) is 0.892. The molecule has 0 aliphatic heterocycles. The van der Waals surface area contributed by atoms with E-state index in [0.29, 0.717) is 11.3 Å². The molecule has 0 aliphatic rings. The Morgan fingerprint density at radius 1 is 1.50 bits per heavy atom. The van der Waals surface area contributed by atoms with Gasteiger partial charge in [0.25, 0.3) is 0 Å². The zero-order chi connectivity index (χ0) is 8.36. The third kappa shape index (κ3) is 2.13. The number of nitrogens with one attached hydrogen (secondary N) is 1. The molecule has 0 radical (unpaired) electrons. The molecule has 1 atom stereocenters. The molecule has 0 aromatic carbocycles. The van der Waals surface area contributed by atoms with E-state index in [9.17, 15) is 0 Å². The Hall–Kier alpha value is -0.330. The molecule has 0 aliphatic carbocycles. The maximum absolute atomic E-state index is 7.46. The Morgan fingerprint density at radius 3 is 2.00 bits per heavy atom. The maximum atomic E-state index is 7.46. The molecule has 60 valence electrons. The van der Waals surface area contributed by atoms with Crippen LogP contribution in [0.1, 0.15) is 41.0 Å². The third-order valence-electron chi connectivity index (χ3n) is 2.73. The van der Waals surface area contributed by atoms with Crippen LogP contribution in [-0.2, 0) is 0 Å². The Balaban J connectivity index is 4.17. The molecule has 1 unspecified atom stereocenters. The Bertz CT molecular complexity index is 125. The van der Waals surface area contributed by atoms with Crippen molar-refractivity contribution < 1.29 is 0 Å². The highest BCUT2D eigenvalue weighted by molar-refractivity contribution is 5.81. The molecule has 1 N–H and O–H groups in total. The largest absolute Gasteiger partial charge is 0.310 e. The van der Waals surface area contributed by atoms with Crippen molar-refractivity contribution in [2.24, 2.45) is 11.3 Å². The van der Waals surface area contributed by atoms with Gasteiger partial charge in [0, 0.05) is 5.71 Å². The van der Waals surface area contributed by atoms with Crippen LogP contribution in [0, 0.1) is 16.7 Å². The Labute approximate surface area is 64.3 Å². The zero-order valence-electron chi connectivity index (χ0n) is 7.78. The Morgan fingerprint density at radius 2 is 1.90 bits per heavy atom. The van der Waals surface area contributed by atoms with Gasteiger partial charge in [0.05, 0.1) is 0 Å². The average molecular weight is 141 g/mol. The summed E-state index contributed by atoms with van der Waals surface area (Å²) in [4.78, 5) is 0. The predicted molar refractivity (Wildman–Crippen MR) is 46.6 cm³/mol. The van der Waals surface area contributed by atoms with E-state index in [1.165, 1.54) is 0 Å². The van der Waals surface area contributed by atoms with Crippen LogP contribution >= 0.6 is 0 Å². The first-order valence-corrected chi connectivity index (χ1v) is 3.97. The summed E-state index contributed by atoms with van der Waals surface area (Å²) in [5, 5.41) is 7.46. The summed E-state index contributed by atoms with van der Waals surface area (Å²) in [6.07, 6.45) is 1.14. The molecule has 0 rings (SSSR count). The fraction of sp³-hybridized carbons (Fsp3) is 0.889. The van der Waals surface area contributed by atoms with E-state index in [1.54, 1.807) is 0 Å². The standard InChI is InChI=1S/C9H19N/c1-6-9(4,5)7(2)8(3)10/h7,10H,6H2,1-5H3. The van der Waals surface area contributed by atoms with Gasteiger partial charge in [-0.3, -0.25) is 0 Å². The van der Waals surface area contributed by atoms with Crippen molar-refractivity contribution in [3.63, 3.8) is 0 Å². The first kappa shape index (κ1) is 9.67. The molecule has 10 heavy (non-hydrogen) atoms.